The van der Waals surface area contributed by atoms with Crippen LogP contribution in [-0.4, -0.2) is 21.4 Å². The molecule has 0 aliphatic rings. The minimum Gasteiger partial charge on any atom is -0.434 e. The molecule has 0 N–H and O–H groups in total. The van der Waals surface area contributed by atoms with Gasteiger partial charge in [-0.1, -0.05) is 18.2 Å². The zero-order valence-corrected chi connectivity index (χ0v) is 8.25. The van der Waals surface area contributed by atoms with Crippen LogP contribution in [0.3, 0.4) is 0 Å². The molecular weight excluding hydrogens is 216 g/mol. The van der Waals surface area contributed by atoms with Crippen LogP contribution >= 0.6 is 0 Å². The zero-order chi connectivity index (χ0) is 11.4. The Morgan fingerprint density at radius 3 is 2.81 bits per heavy atom. The second kappa shape index (κ2) is 4.69. The van der Waals surface area contributed by atoms with E-state index in [9.17, 15) is 8.78 Å². The molecule has 0 fully saturated rings. The van der Waals surface area contributed by atoms with Crippen molar-refractivity contribution >= 4 is 0 Å². The van der Waals surface area contributed by atoms with Gasteiger partial charge in [-0.05, 0) is 6.07 Å². The standard InChI is InChI=1S/C10H9F2N3O/c11-10(12)16-9-4-2-1-3-8(9)5-15-7-13-6-14-15/h1-4,6-7,10H,5H2. The SMILES string of the molecule is FC(F)Oc1ccccc1Cn1cncn1. The summed E-state index contributed by atoms with van der Waals surface area (Å²) in [5.74, 6) is 0.160. The molecule has 0 unspecified atom stereocenters. The number of aromatic nitrogens is 3. The van der Waals surface area contributed by atoms with Gasteiger partial charge in [0.15, 0.2) is 0 Å². The van der Waals surface area contributed by atoms with Crippen LogP contribution in [0.15, 0.2) is 36.9 Å². The Labute approximate surface area is 90.5 Å². The van der Waals surface area contributed by atoms with Gasteiger partial charge in [-0.15, -0.1) is 0 Å². The molecule has 0 saturated carbocycles. The highest BCUT2D eigenvalue weighted by Crippen LogP contribution is 2.20. The van der Waals surface area contributed by atoms with Crippen molar-refractivity contribution in [1.29, 1.82) is 0 Å². The Kier molecular flexibility index (Phi) is 3.09. The molecule has 2 aromatic rings. The second-order valence-electron chi connectivity index (χ2n) is 3.08. The number of hydrogen-bond donors (Lipinski definition) is 0. The zero-order valence-electron chi connectivity index (χ0n) is 8.25. The summed E-state index contributed by atoms with van der Waals surface area (Å²) >= 11 is 0. The molecule has 0 saturated heterocycles. The lowest BCUT2D eigenvalue weighted by Gasteiger charge is -2.09. The number of hydrogen-bond acceptors (Lipinski definition) is 3. The van der Waals surface area contributed by atoms with Crippen molar-refractivity contribution in [1.82, 2.24) is 14.8 Å². The van der Waals surface area contributed by atoms with E-state index >= 15 is 0 Å². The molecule has 0 atom stereocenters. The first kappa shape index (κ1) is 10.5. The molecule has 16 heavy (non-hydrogen) atoms. The van der Waals surface area contributed by atoms with Crippen LogP contribution in [0.1, 0.15) is 5.56 Å². The van der Waals surface area contributed by atoms with Crippen molar-refractivity contribution in [2.24, 2.45) is 0 Å². The molecule has 6 heteroatoms. The topological polar surface area (TPSA) is 39.9 Å². The molecule has 84 valence electrons. The molecule has 0 amide bonds. The minimum atomic E-state index is -2.82. The van der Waals surface area contributed by atoms with Gasteiger partial charge in [-0.3, -0.25) is 0 Å². The smallest absolute Gasteiger partial charge is 0.387 e. The van der Waals surface area contributed by atoms with Crippen LogP contribution < -0.4 is 4.74 Å². The third-order valence-corrected chi connectivity index (χ3v) is 1.99. The summed E-state index contributed by atoms with van der Waals surface area (Å²) in [6.45, 7) is -2.47. The number of alkyl halides is 2. The molecule has 1 aromatic heterocycles. The first-order valence-corrected chi connectivity index (χ1v) is 4.61. The largest absolute Gasteiger partial charge is 0.434 e. The lowest BCUT2D eigenvalue weighted by molar-refractivity contribution is -0.0505. The molecule has 1 heterocycles. The normalized spacial score (nSPS) is 10.7. The van der Waals surface area contributed by atoms with Crippen LogP contribution in [0.4, 0.5) is 8.78 Å². The van der Waals surface area contributed by atoms with E-state index in [-0.39, 0.29) is 5.75 Å². The Morgan fingerprint density at radius 2 is 2.12 bits per heavy atom. The molecule has 2 rings (SSSR count). The van der Waals surface area contributed by atoms with Crippen molar-refractivity contribution in [2.75, 3.05) is 0 Å². The minimum absolute atomic E-state index is 0.160. The van der Waals surface area contributed by atoms with Crippen LogP contribution in [0, 0.1) is 0 Å². The Balaban J connectivity index is 2.19. The Hall–Kier alpha value is -1.98. The van der Waals surface area contributed by atoms with Crippen molar-refractivity contribution in [3.8, 4) is 5.75 Å². The van der Waals surface area contributed by atoms with Gasteiger partial charge in [-0.25, -0.2) is 9.67 Å². The summed E-state index contributed by atoms with van der Waals surface area (Å²) in [6, 6.07) is 6.60. The molecule has 0 radical (unpaired) electrons. The van der Waals surface area contributed by atoms with E-state index in [1.165, 1.54) is 23.4 Å². The predicted molar refractivity (Wildman–Crippen MR) is 52.2 cm³/mol. The van der Waals surface area contributed by atoms with E-state index < -0.39 is 6.61 Å². The van der Waals surface area contributed by atoms with Gasteiger partial charge in [0, 0.05) is 5.56 Å². The molecule has 0 aliphatic heterocycles. The van der Waals surface area contributed by atoms with Gasteiger partial charge in [-0.2, -0.15) is 13.9 Å². The number of ether oxygens (including phenoxy) is 1. The third-order valence-electron chi connectivity index (χ3n) is 1.99. The van der Waals surface area contributed by atoms with Crippen LogP contribution in [0.2, 0.25) is 0 Å². The number of para-hydroxylation sites is 1. The molecule has 0 bridgehead atoms. The van der Waals surface area contributed by atoms with Crippen molar-refractivity contribution in [3.05, 3.63) is 42.5 Å². The Bertz CT molecular complexity index is 445. The van der Waals surface area contributed by atoms with E-state index in [0.29, 0.717) is 12.1 Å². The molecule has 0 spiro atoms. The fraction of sp³-hybridized carbons (Fsp3) is 0.200. The average molecular weight is 225 g/mol. The quantitative estimate of drug-likeness (QED) is 0.798. The fourth-order valence-corrected chi connectivity index (χ4v) is 1.33. The maximum absolute atomic E-state index is 12.1. The summed E-state index contributed by atoms with van der Waals surface area (Å²) in [7, 11) is 0. The highest BCUT2D eigenvalue weighted by molar-refractivity contribution is 5.33. The van der Waals surface area contributed by atoms with Crippen LogP contribution in [0.25, 0.3) is 0 Å². The summed E-state index contributed by atoms with van der Waals surface area (Å²) in [5.41, 5.74) is 0.633. The van der Waals surface area contributed by atoms with E-state index in [1.54, 1.807) is 18.2 Å². The molecule has 1 aromatic carbocycles. The summed E-state index contributed by atoms with van der Waals surface area (Å²) in [5, 5.41) is 3.89. The summed E-state index contributed by atoms with van der Waals surface area (Å²) < 4.78 is 30.2. The lowest BCUT2D eigenvalue weighted by atomic mass is 10.2. The van der Waals surface area contributed by atoms with Gasteiger partial charge in [0.25, 0.3) is 0 Å². The monoisotopic (exact) mass is 225 g/mol. The van der Waals surface area contributed by atoms with Gasteiger partial charge in [0.05, 0.1) is 6.54 Å². The second-order valence-corrected chi connectivity index (χ2v) is 3.08. The highest BCUT2D eigenvalue weighted by Gasteiger charge is 2.09. The van der Waals surface area contributed by atoms with Crippen molar-refractivity contribution < 1.29 is 13.5 Å². The van der Waals surface area contributed by atoms with Crippen LogP contribution in [0.5, 0.6) is 5.75 Å². The molecule has 4 nitrogen and oxygen atoms in total. The summed E-state index contributed by atoms with van der Waals surface area (Å²) in [6.07, 6.45) is 2.90. The van der Waals surface area contributed by atoms with Gasteiger partial charge < -0.3 is 4.74 Å². The molecule has 0 aliphatic carbocycles. The first-order chi connectivity index (χ1) is 7.75. The first-order valence-electron chi connectivity index (χ1n) is 4.61. The number of benzene rings is 1. The van der Waals surface area contributed by atoms with E-state index in [1.807, 2.05) is 0 Å². The third kappa shape index (κ3) is 2.53. The lowest BCUT2D eigenvalue weighted by Crippen LogP contribution is -2.07. The molecular formula is C10H9F2N3O. The predicted octanol–water partition coefficient (Wildman–Crippen LogP) is 1.93. The van der Waals surface area contributed by atoms with Crippen LogP contribution in [-0.2, 0) is 6.54 Å². The van der Waals surface area contributed by atoms with Gasteiger partial charge in [0.2, 0.25) is 0 Å². The van der Waals surface area contributed by atoms with Gasteiger partial charge in [0.1, 0.15) is 18.4 Å². The maximum Gasteiger partial charge on any atom is 0.387 e. The number of rotatable bonds is 4. The van der Waals surface area contributed by atoms with Gasteiger partial charge >= 0.3 is 6.61 Å². The van der Waals surface area contributed by atoms with E-state index in [4.69, 9.17) is 0 Å². The Morgan fingerprint density at radius 1 is 1.31 bits per heavy atom. The fourth-order valence-electron chi connectivity index (χ4n) is 1.33. The van der Waals surface area contributed by atoms with Crippen molar-refractivity contribution in [3.63, 3.8) is 0 Å². The summed E-state index contributed by atoms with van der Waals surface area (Å²) in [4.78, 5) is 3.77. The maximum atomic E-state index is 12.1. The van der Waals surface area contributed by atoms with Crippen molar-refractivity contribution in [2.45, 2.75) is 13.2 Å². The van der Waals surface area contributed by atoms with E-state index in [0.717, 1.165) is 0 Å². The average Bonchev–Trinajstić information content (AvgIpc) is 2.73. The van der Waals surface area contributed by atoms with E-state index in [2.05, 4.69) is 14.8 Å². The number of nitrogens with zero attached hydrogens (tertiary/aromatic N) is 3. The number of halogens is 2. The highest BCUT2D eigenvalue weighted by atomic mass is 19.3.